The summed E-state index contributed by atoms with van der Waals surface area (Å²) in [6.07, 6.45) is 3.52. The molecule has 2 fully saturated rings. The van der Waals surface area contributed by atoms with Crippen LogP contribution in [-0.2, 0) is 0 Å². The fourth-order valence-electron chi connectivity index (χ4n) is 3.37. The van der Waals surface area contributed by atoms with Gasteiger partial charge in [-0.2, -0.15) is 0 Å². The molecule has 2 aromatic heterocycles. The first-order valence-corrected chi connectivity index (χ1v) is 9.47. The predicted octanol–water partition coefficient (Wildman–Crippen LogP) is 3.99. The number of hydrogen-bond donors (Lipinski definition) is 1. The molecule has 1 amide bonds. The zero-order valence-corrected chi connectivity index (χ0v) is 16.6. The number of likely N-dealkylation sites (tertiary alicyclic amines) is 1. The van der Waals surface area contributed by atoms with E-state index in [1.165, 1.54) is 24.2 Å². The van der Waals surface area contributed by atoms with Crippen LogP contribution in [0.25, 0.3) is 9.88 Å². The second-order valence-corrected chi connectivity index (χ2v) is 8.04. The first-order valence-electron chi connectivity index (χ1n) is 7.77. The number of amides is 1. The first-order chi connectivity index (χ1) is 10.7. The van der Waals surface area contributed by atoms with Gasteiger partial charge in [-0.25, -0.2) is 4.98 Å². The van der Waals surface area contributed by atoms with Gasteiger partial charge in [-0.3, -0.25) is 4.79 Å². The van der Waals surface area contributed by atoms with E-state index in [4.69, 9.17) is 0 Å². The Kier molecular flexibility index (Phi) is 6.67. The smallest absolute Gasteiger partial charge is 0.265 e. The number of fused-ring (bicyclic) bond motifs is 2. The number of nitrogens with one attached hydrogen (secondary N) is 1. The van der Waals surface area contributed by atoms with Crippen molar-refractivity contribution in [3.05, 3.63) is 28.1 Å². The molecular formula is C16H21Cl2N3OS2. The summed E-state index contributed by atoms with van der Waals surface area (Å²) in [7, 11) is 0. The van der Waals surface area contributed by atoms with Gasteiger partial charge >= 0.3 is 0 Å². The third-order valence-corrected chi connectivity index (χ3v) is 6.72. The lowest BCUT2D eigenvalue weighted by molar-refractivity contribution is 0.0752. The van der Waals surface area contributed by atoms with Crippen LogP contribution in [0.5, 0.6) is 0 Å². The molecule has 24 heavy (non-hydrogen) atoms. The molecule has 2 bridgehead atoms. The molecule has 0 spiro atoms. The summed E-state index contributed by atoms with van der Waals surface area (Å²) in [5.74, 6) is 0.159. The number of aryl methyl sites for hydroxylation is 1. The van der Waals surface area contributed by atoms with E-state index in [-0.39, 0.29) is 30.7 Å². The Morgan fingerprint density at radius 3 is 2.83 bits per heavy atom. The average molecular weight is 406 g/mol. The Labute approximate surface area is 162 Å². The van der Waals surface area contributed by atoms with Crippen LogP contribution in [0.4, 0.5) is 0 Å². The van der Waals surface area contributed by atoms with E-state index in [0.717, 1.165) is 40.0 Å². The van der Waals surface area contributed by atoms with Crippen molar-refractivity contribution in [1.29, 1.82) is 0 Å². The normalized spacial score (nSPS) is 22.5. The predicted molar refractivity (Wildman–Crippen MR) is 105 cm³/mol. The van der Waals surface area contributed by atoms with E-state index in [2.05, 4.69) is 16.4 Å². The summed E-state index contributed by atoms with van der Waals surface area (Å²) >= 11 is 3.21. The third kappa shape index (κ3) is 3.78. The lowest BCUT2D eigenvalue weighted by Crippen LogP contribution is -2.39. The lowest BCUT2D eigenvalue weighted by Gasteiger charge is -2.23. The molecule has 2 unspecified atom stereocenters. The molecule has 2 aromatic rings. The molecule has 2 aliphatic heterocycles. The van der Waals surface area contributed by atoms with Crippen LogP contribution in [0.2, 0.25) is 0 Å². The second kappa shape index (κ2) is 8.15. The maximum Gasteiger partial charge on any atom is 0.265 e. The molecule has 4 heterocycles. The largest absolute Gasteiger partial charge is 0.336 e. The van der Waals surface area contributed by atoms with Crippen molar-refractivity contribution in [1.82, 2.24) is 15.2 Å². The van der Waals surface area contributed by atoms with Crippen molar-refractivity contribution in [3.63, 3.8) is 0 Å². The highest BCUT2D eigenvalue weighted by Gasteiger charge is 2.32. The van der Waals surface area contributed by atoms with E-state index < -0.39 is 0 Å². The second-order valence-electron chi connectivity index (χ2n) is 6.09. The van der Waals surface area contributed by atoms with E-state index in [0.29, 0.717) is 12.1 Å². The van der Waals surface area contributed by atoms with Crippen LogP contribution in [0.3, 0.4) is 0 Å². The zero-order valence-electron chi connectivity index (χ0n) is 13.4. The minimum atomic E-state index is 0. The molecule has 4 rings (SSSR count). The summed E-state index contributed by atoms with van der Waals surface area (Å²) in [6, 6.07) is 5.16. The van der Waals surface area contributed by atoms with Crippen LogP contribution in [-0.4, -0.2) is 41.0 Å². The van der Waals surface area contributed by atoms with Gasteiger partial charge in [0.05, 0.1) is 10.6 Å². The maximum atomic E-state index is 12.9. The third-order valence-electron chi connectivity index (χ3n) is 4.53. The Bertz CT molecular complexity index is 690. The van der Waals surface area contributed by atoms with Gasteiger partial charge in [0, 0.05) is 25.2 Å². The van der Waals surface area contributed by atoms with Gasteiger partial charge < -0.3 is 10.2 Å². The van der Waals surface area contributed by atoms with Crippen LogP contribution in [0.15, 0.2) is 17.5 Å². The topological polar surface area (TPSA) is 45.2 Å². The van der Waals surface area contributed by atoms with Crippen molar-refractivity contribution >= 4 is 53.4 Å². The van der Waals surface area contributed by atoms with Crippen molar-refractivity contribution in [2.45, 2.75) is 38.3 Å². The van der Waals surface area contributed by atoms with Crippen molar-refractivity contribution < 1.29 is 4.79 Å². The van der Waals surface area contributed by atoms with E-state index in [9.17, 15) is 4.79 Å². The molecular weight excluding hydrogens is 385 g/mol. The van der Waals surface area contributed by atoms with E-state index in [1.807, 2.05) is 23.3 Å². The van der Waals surface area contributed by atoms with Crippen LogP contribution < -0.4 is 5.32 Å². The fraction of sp³-hybridized carbons (Fsp3) is 0.500. The number of hydrogen-bond acceptors (Lipinski definition) is 5. The number of carbonyl (C=O) groups excluding carboxylic acids is 1. The summed E-state index contributed by atoms with van der Waals surface area (Å²) in [5, 5.41) is 6.64. The monoisotopic (exact) mass is 405 g/mol. The summed E-state index contributed by atoms with van der Waals surface area (Å²) < 4.78 is 0. The summed E-state index contributed by atoms with van der Waals surface area (Å²) in [5.41, 5.74) is 0.862. The molecule has 132 valence electrons. The molecule has 0 aliphatic carbocycles. The Morgan fingerprint density at radius 2 is 2.08 bits per heavy atom. The Morgan fingerprint density at radius 1 is 1.29 bits per heavy atom. The Hall–Kier alpha value is -0.660. The zero-order chi connectivity index (χ0) is 15.1. The van der Waals surface area contributed by atoms with Gasteiger partial charge in [0.1, 0.15) is 9.88 Å². The summed E-state index contributed by atoms with van der Waals surface area (Å²) in [6.45, 7) is 3.64. The molecule has 4 nitrogen and oxygen atoms in total. The molecule has 2 saturated heterocycles. The number of thiophene rings is 1. The number of nitrogens with zero attached hydrogens (tertiary/aromatic N) is 2. The molecule has 0 radical (unpaired) electrons. The van der Waals surface area contributed by atoms with Gasteiger partial charge in [0.25, 0.3) is 5.91 Å². The number of aromatic nitrogens is 1. The van der Waals surface area contributed by atoms with Crippen molar-refractivity contribution in [3.8, 4) is 9.88 Å². The molecule has 2 atom stereocenters. The summed E-state index contributed by atoms with van der Waals surface area (Å²) in [4.78, 5) is 21.5. The fourth-order valence-corrected chi connectivity index (χ4v) is 5.20. The van der Waals surface area contributed by atoms with Gasteiger partial charge in [-0.1, -0.05) is 6.07 Å². The highest BCUT2D eigenvalue weighted by Crippen LogP contribution is 2.32. The van der Waals surface area contributed by atoms with Crippen LogP contribution in [0.1, 0.15) is 34.6 Å². The van der Waals surface area contributed by atoms with Gasteiger partial charge in [-0.05, 0) is 37.6 Å². The van der Waals surface area contributed by atoms with E-state index >= 15 is 0 Å². The standard InChI is InChI=1S/C16H19N3OS2.2ClH/c1-10-14(22-15(17-10)13-3-2-8-21-13)16(20)19-7-6-11-4-5-12(9-19)18-11;;/h2-3,8,11-12,18H,4-7,9H2,1H3;2*1H. The number of halogens is 2. The first kappa shape index (κ1) is 19.7. The number of thiazole rings is 1. The van der Waals surface area contributed by atoms with Gasteiger partial charge in [-0.15, -0.1) is 47.5 Å². The molecule has 8 heteroatoms. The minimum absolute atomic E-state index is 0. The van der Waals surface area contributed by atoms with Gasteiger partial charge in [0.2, 0.25) is 0 Å². The van der Waals surface area contributed by atoms with E-state index in [1.54, 1.807) is 11.3 Å². The molecule has 1 N–H and O–H groups in total. The quantitative estimate of drug-likeness (QED) is 0.820. The number of carbonyl (C=O) groups is 1. The minimum Gasteiger partial charge on any atom is -0.336 e. The lowest BCUT2D eigenvalue weighted by atomic mass is 10.1. The molecule has 0 saturated carbocycles. The van der Waals surface area contributed by atoms with Crippen molar-refractivity contribution in [2.75, 3.05) is 13.1 Å². The van der Waals surface area contributed by atoms with Crippen molar-refractivity contribution in [2.24, 2.45) is 0 Å². The van der Waals surface area contributed by atoms with Crippen LogP contribution in [0, 0.1) is 6.92 Å². The highest BCUT2D eigenvalue weighted by atomic mass is 35.5. The number of rotatable bonds is 2. The Balaban J connectivity index is 0.00000104. The van der Waals surface area contributed by atoms with Gasteiger partial charge in [0.15, 0.2) is 0 Å². The van der Waals surface area contributed by atoms with Crippen LogP contribution >= 0.6 is 47.5 Å². The molecule has 2 aliphatic rings. The average Bonchev–Trinajstić information content (AvgIpc) is 3.18. The highest BCUT2D eigenvalue weighted by molar-refractivity contribution is 7.22. The molecule has 0 aromatic carbocycles. The maximum absolute atomic E-state index is 12.9. The SMILES string of the molecule is Cc1nc(-c2cccs2)sc1C(=O)N1CCC2CCC(C1)N2.Cl.Cl.